The van der Waals surface area contributed by atoms with E-state index in [1.165, 1.54) is 6.08 Å². The summed E-state index contributed by atoms with van der Waals surface area (Å²) < 4.78 is 5.27. The van der Waals surface area contributed by atoms with E-state index < -0.39 is 11.6 Å². The molecule has 0 aliphatic carbocycles. The molecular weight excluding hydrogens is 246 g/mol. The zero-order chi connectivity index (χ0) is 14.9. The molecule has 0 fully saturated rings. The van der Waals surface area contributed by atoms with Crippen molar-refractivity contribution in [3.8, 4) is 0 Å². The summed E-state index contributed by atoms with van der Waals surface area (Å²) in [6.07, 6.45) is 4.71. The second-order valence-corrected chi connectivity index (χ2v) is 5.43. The third-order valence-corrected chi connectivity index (χ3v) is 2.26. The van der Waals surface area contributed by atoms with E-state index in [9.17, 15) is 9.59 Å². The van der Waals surface area contributed by atoms with Crippen LogP contribution in [0.15, 0.2) is 12.2 Å². The van der Waals surface area contributed by atoms with Crippen molar-refractivity contribution in [2.24, 2.45) is 0 Å². The van der Waals surface area contributed by atoms with Crippen LogP contribution in [-0.4, -0.2) is 35.2 Å². The van der Waals surface area contributed by atoms with Gasteiger partial charge in [0.2, 0.25) is 0 Å². The summed E-state index contributed by atoms with van der Waals surface area (Å²) in [5, 5.41) is 11.6. The van der Waals surface area contributed by atoms with E-state index in [4.69, 9.17) is 9.84 Å². The van der Waals surface area contributed by atoms with Gasteiger partial charge in [0.15, 0.2) is 0 Å². The highest BCUT2D eigenvalue weighted by molar-refractivity contribution is 5.79. The second kappa shape index (κ2) is 8.69. The summed E-state index contributed by atoms with van der Waals surface area (Å²) in [7, 11) is 0. The molecule has 0 unspecified atom stereocenters. The minimum absolute atomic E-state index is 0.0123. The number of hydrogen-bond acceptors (Lipinski definition) is 4. The fourth-order valence-electron chi connectivity index (χ4n) is 1.60. The van der Waals surface area contributed by atoms with Crippen molar-refractivity contribution in [2.75, 3.05) is 6.54 Å². The van der Waals surface area contributed by atoms with E-state index in [1.807, 2.05) is 27.7 Å². The number of nitrogens with one attached hydrogen (secondary N) is 1. The van der Waals surface area contributed by atoms with Gasteiger partial charge in [0.25, 0.3) is 0 Å². The molecule has 0 bridgehead atoms. The molecule has 0 rings (SSSR count). The second-order valence-electron chi connectivity index (χ2n) is 5.43. The van der Waals surface area contributed by atoms with E-state index in [1.54, 1.807) is 0 Å². The molecule has 0 aromatic carbocycles. The number of carbonyl (C=O) groups is 2. The summed E-state index contributed by atoms with van der Waals surface area (Å²) in [6.45, 7) is 7.98. The number of hydrogen-bond donors (Lipinski definition) is 2. The summed E-state index contributed by atoms with van der Waals surface area (Å²) in [6, 6.07) is 0.0123. The molecule has 2 N–H and O–H groups in total. The highest BCUT2D eigenvalue weighted by Gasteiger charge is 2.19. The van der Waals surface area contributed by atoms with E-state index in [0.29, 0.717) is 13.0 Å². The minimum atomic E-state index is -0.971. The molecule has 0 radical (unpaired) electrons. The molecule has 0 heterocycles. The van der Waals surface area contributed by atoms with Crippen LogP contribution in [0.5, 0.6) is 0 Å². The van der Waals surface area contributed by atoms with E-state index in [0.717, 1.165) is 18.9 Å². The van der Waals surface area contributed by atoms with Gasteiger partial charge in [-0.1, -0.05) is 19.4 Å². The maximum atomic E-state index is 11.7. The van der Waals surface area contributed by atoms with Gasteiger partial charge in [-0.05, 0) is 27.2 Å². The first-order valence-electron chi connectivity index (χ1n) is 6.59. The Balaban J connectivity index is 4.18. The lowest BCUT2D eigenvalue weighted by molar-refractivity contribution is -0.155. The van der Waals surface area contributed by atoms with E-state index >= 15 is 0 Å². The van der Waals surface area contributed by atoms with Crippen molar-refractivity contribution in [1.82, 2.24) is 5.32 Å². The van der Waals surface area contributed by atoms with Gasteiger partial charge in [0.05, 0.1) is 6.42 Å². The lowest BCUT2D eigenvalue weighted by atomic mass is 10.1. The Hall–Kier alpha value is -1.36. The van der Waals surface area contributed by atoms with Gasteiger partial charge in [0, 0.05) is 18.7 Å². The average molecular weight is 271 g/mol. The molecule has 1 atom stereocenters. The first kappa shape index (κ1) is 17.6. The molecule has 5 nitrogen and oxygen atoms in total. The Morgan fingerprint density at radius 1 is 1.37 bits per heavy atom. The number of ether oxygens (including phenoxy) is 1. The van der Waals surface area contributed by atoms with Crippen LogP contribution in [0, 0.1) is 0 Å². The smallest absolute Gasteiger partial charge is 0.328 e. The molecule has 0 aromatic rings. The van der Waals surface area contributed by atoms with Crippen molar-refractivity contribution >= 4 is 11.9 Å². The number of carboxylic acid groups (broad SMARTS) is 1. The maximum Gasteiger partial charge on any atom is 0.328 e. The molecule has 19 heavy (non-hydrogen) atoms. The monoisotopic (exact) mass is 271 g/mol. The van der Waals surface area contributed by atoms with Gasteiger partial charge in [0.1, 0.15) is 5.60 Å². The fraction of sp³-hybridized carbons (Fsp3) is 0.714. The Kier molecular flexibility index (Phi) is 8.07. The molecular formula is C14H25NO4. The van der Waals surface area contributed by atoms with E-state index in [-0.39, 0.29) is 12.0 Å². The highest BCUT2D eigenvalue weighted by Crippen LogP contribution is 2.11. The molecule has 0 saturated heterocycles. The van der Waals surface area contributed by atoms with Crippen molar-refractivity contribution in [3.63, 3.8) is 0 Å². The van der Waals surface area contributed by atoms with Crippen LogP contribution in [0.3, 0.4) is 0 Å². The zero-order valence-electron chi connectivity index (χ0n) is 12.2. The summed E-state index contributed by atoms with van der Waals surface area (Å²) in [4.78, 5) is 22.0. The largest absolute Gasteiger partial charge is 0.478 e. The Morgan fingerprint density at radius 2 is 2.00 bits per heavy atom. The first-order chi connectivity index (χ1) is 8.74. The summed E-state index contributed by atoms with van der Waals surface area (Å²) in [5.74, 6) is -1.21. The lowest BCUT2D eigenvalue weighted by Crippen LogP contribution is -2.34. The fourth-order valence-corrected chi connectivity index (χ4v) is 1.60. The molecule has 110 valence electrons. The van der Waals surface area contributed by atoms with Crippen LogP contribution in [0.25, 0.3) is 0 Å². The normalized spacial score (nSPS) is 13.5. The molecule has 5 heteroatoms. The number of esters is 1. The number of carbonyl (C=O) groups excluding carboxylic acids is 1. The third kappa shape index (κ3) is 11.5. The predicted molar refractivity (Wildman–Crippen MR) is 73.9 cm³/mol. The topological polar surface area (TPSA) is 75.6 Å². The molecule has 0 saturated carbocycles. The van der Waals surface area contributed by atoms with Crippen molar-refractivity contribution in [3.05, 3.63) is 12.2 Å². The Bertz CT molecular complexity index is 318. The van der Waals surface area contributed by atoms with Gasteiger partial charge in [-0.2, -0.15) is 0 Å². The van der Waals surface area contributed by atoms with Crippen molar-refractivity contribution < 1.29 is 19.4 Å². The van der Waals surface area contributed by atoms with Crippen LogP contribution in [0.1, 0.15) is 47.0 Å². The molecule has 0 aliphatic heterocycles. The zero-order valence-corrected chi connectivity index (χ0v) is 12.2. The average Bonchev–Trinajstić information content (AvgIpc) is 2.21. The van der Waals surface area contributed by atoms with Crippen LogP contribution in [0.4, 0.5) is 0 Å². The van der Waals surface area contributed by atoms with Crippen LogP contribution >= 0.6 is 0 Å². The quantitative estimate of drug-likeness (QED) is 0.522. The molecule has 0 aliphatic rings. The lowest BCUT2D eigenvalue weighted by Gasteiger charge is -2.22. The maximum absolute atomic E-state index is 11.7. The van der Waals surface area contributed by atoms with Crippen molar-refractivity contribution in [1.29, 1.82) is 0 Å². The first-order valence-corrected chi connectivity index (χ1v) is 6.59. The van der Waals surface area contributed by atoms with Gasteiger partial charge in [-0.25, -0.2) is 4.79 Å². The predicted octanol–water partition coefficient (Wildman–Crippen LogP) is 2.12. The molecule has 0 amide bonds. The minimum Gasteiger partial charge on any atom is -0.478 e. The molecule has 0 aromatic heterocycles. The van der Waals surface area contributed by atoms with Crippen LogP contribution in [-0.2, 0) is 14.3 Å². The van der Waals surface area contributed by atoms with Crippen LogP contribution < -0.4 is 5.32 Å². The van der Waals surface area contributed by atoms with Gasteiger partial charge < -0.3 is 15.2 Å². The summed E-state index contributed by atoms with van der Waals surface area (Å²) in [5.41, 5.74) is -0.475. The molecule has 0 spiro atoms. The Morgan fingerprint density at radius 3 is 2.47 bits per heavy atom. The summed E-state index contributed by atoms with van der Waals surface area (Å²) >= 11 is 0. The third-order valence-electron chi connectivity index (χ3n) is 2.26. The number of carboxylic acids is 1. The highest BCUT2D eigenvalue weighted by atomic mass is 16.6. The van der Waals surface area contributed by atoms with Crippen molar-refractivity contribution in [2.45, 2.75) is 58.6 Å². The van der Waals surface area contributed by atoms with Gasteiger partial charge in [-0.3, -0.25) is 4.79 Å². The van der Waals surface area contributed by atoms with E-state index in [2.05, 4.69) is 5.32 Å². The van der Waals surface area contributed by atoms with Crippen LogP contribution in [0.2, 0.25) is 0 Å². The Labute approximate surface area is 115 Å². The van der Waals surface area contributed by atoms with Gasteiger partial charge in [-0.15, -0.1) is 0 Å². The van der Waals surface area contributed by atoms with Gasteiger partial charge >= 0.3 is 11.9 Å². The standard InChI is InChI=1S/C14H25NO4/c1-5-7-11(15-9-6-8-12(16)17)10-13(18)19-14(2,3)4/h6,8,11,15H,5,7,9-10H2,1-4H3,(H,16,17)/b8-6+/t11-/m0/s1. The SMILES string of the molecule is CCC[C@@H](CC(=O)OC(C)(C)C)NC/C=C/C(=O)O. The number of rotatable bonds is 8. The number of aliphatic carboxylic acids is 1.